The molecule has 0 aliphatic carbocycles. The molecule has 0 radical (unpaired) electrons. The fourth-order valence-electron chi connectivity index (χ4n) is 3.87. The molecule has 1 aromatic heterocycles. The summed E-state index contributed by atoms with van der Waals surface area (Å²) in [4.78, 5) is 16.4. The lowest BCUT2D eigenvalue weighted by Gasteiger charge is -2.18. The van der Waals surface area contributed by atoms with E-state index in [4.69, 9.17) is 5.73 Å². The van der Waals surface area contributed by atoms with Gasteiger partial charge in [0.25, 0.3) is 5.91 Å². The number of para-hydroxylation sites is 1. The number of sulfone groups is 1. The van der Waals surface area contributed by atoms with E-state index in [1.54, 1.807) is 42.5 Å². The molecule has 0 saturated heterocycles. The summed E-state index contributed by atoms with van der Waals surface area (Å²) < 4.78 is 67.5. The van der Waals surface area contributed by atoms with E-state index in [1.807, 2.05) is 0 Å². The first-order chi connectivity index (χ1) is 16.0. The molecule has 4 aromatic rings. The molecule has 3 aromatic carbocycles. The Hall–Kier alpha value is -3.72. The second-order valence-corrected chi connectivity index (χ2v) is 9.79. The topological polar surface area (TPSA) is 90.1 Å². The fourth-order valence-corrected chi connectivity index (χ4v) is 5.18. The highest BCUT2D eigenvalue weighted by atomic mass is 32.2. The third-order valence-corrected chi connectivity index (χ3v) is 7.28. The van der Waals surface area contributed by atoms with Crippen LogP contribution in [0, 0.1) is 0 Å². The summed E-state index contributed by atoms with van der Waals surface area (Å²) in [6, 6.07) is 18.0. The van der Waals surface area contributed by atoms with Gasteiger partial charge in [0.05, 0.1) is 33.0 Å². The van der Waals surface area contributed by atoms with Gasteiger partial charge in [-0.3, -0.25) is 4.79 Å². The van der Waals surface area contributed by atoms with Crippen LogP contribution in [0.25, 0.3) is 33.3 Å². The normalized spacial score (nSPS) is 12.1. The second kappa shape index (κ2) is 8.57. The van der Waals surface area contributed by atoms with Crippen molar-refractivity contribution in [1.82, 2.24) is 4.98 Å². The molecule has 2 N–H and O–H groups in total. The Bertz CT molecular complexity index is 1520. The maximum Gasteiger partial charge on any atom is 0.418 e. The molecule has 34 heavy (non-hydrogen) atoms. The summed E-state index contributed by atoms with van der Waals surface area (Å²) in [5.74, 6) is -1.20. The summed E-state index contributed by atoms with van der Waals surface area (Å²) in [6.45, 7) is 1.46. The summed E-state index contributed by atoms with van der Waals surface area (Å²) in [6.07, 6.45) is -4.71. The van der Waals surface area contributed by atoms with Gasteiger partial charge >= 0.3 is 6.18 Å². The first-order valence-electron chi connectivity index (χ1n) is 10.3. The predicted octanol–water partition coefficient (Wildman–Crippen LogP) is 5.48. The standard InChI is InChI=1S/C25H19F3N2O3S/c1-2-34(32,33)23-17(15-8-4-3-5-9-15)11-7-12-18(23)22-19(24(29)31)14-16-10-6-13-20(21(16)30-22)25(26,27)28/h3-14H,2H2,1H3,(H2,29,31). The number of primary amides is 1. The monoisotopic (exact) mass is 484 g/mol. The summed E-state index contributed by atoms with van der Waals surface area (Å²) in [7, 11) is -3.90. The van der Waals surface area contributed by atoms with E-state index in [0.717, 1.165) is 6.07 Å². The van der Waals surface area contributed by atoms with E-state index in [9.17, 15) is 26.4 Å². The van der Waals surface area contributed by atoms with Gasteiger partial charge in [0.2, 0.25) is 0 Å². The molecule has 0 unspecified atom stereocenters. The summed E-state index contributed by atoms with van der Waals surface area (Å²) >= 11 is 0. The van der Waals surface area contributed by atoms with Gasteiger partial charge in [-0.25, -0.2) is 13.4 Å². The van der Waals surface area contributed by atoms with Crippen molar-refractivity contribution in [3.05, 3.63) is 83.9 Å². The molecule has 174 valence electrons. The van der Waals surface area contributed by atoms with Crippen LogP contribution in [0.5, 0.6) is 0 Å². The van der Waals surface area contributed by atoms with Crippen LogP contribution in [0.4, 0.5) is 13.2 Å². The van der Waals surface area contributed by atoms with Crippen LogP contribution in [0.1, 0.15) is 22.8 Å². The van der Waals surface area contributed by atoms with Crippen LogP contribution in [-0.4, -0.2) is 25.1 Å². The van der Waals surface area contributed by atoms with Crippen LogP contribution in [-0.2, 0) is 16.0 Å². The zero-order valence-electron chi connectivity index (χ0n) is 17.9. The largest absolute Gasteiger partial charge is 0.418 e. The smallest absolute Gasteiger partial charge is 0.366 e. The van der Waals surface area contributed by atoms with Crippen LogP contribution in [0.2, 0.25) is 0 Å². The Balaban J connectivity index is 2.16. The van der Waals surface area contributed by atoms with Gasteiger partial charge in [0.1, 0.15) is 0 Å². The molecule has 0 spiro atoms. The van der Waals surface area contributed by atoms with E-state index < -0.39 is 33.0 Å². The van der Waals surface area contributed by atoms with Gasteiger partial charge in [-0.15, -0.1) is 0 Å². The zero-order valence-corrected chi connectivity index (χ0v) is 18.7. The van der Waals surface area contributed by atoms with Crippen molar-refractivity contribution in [2.75, 3.05) is 5.75 Å². The molecule has 0 saturated carbocycles. The molecule has 4 rings (SSSR count). The van der Waals surface area contributed by atoms with Crippen molar-refractivity contribution < 1.29 is 26.4 Å². The number of halogens is 3. The number of hydrogen-bond donors (Lipinski definition) is 1. The average Bonchev–Trinajstić information content (AvgIpc) is 2.82. The maximum atomic E-state index is 13.7. The van der Waals surface area contributed by atoms with Crippen molar-refractivity contribution in [1.29, 1.82) is 0 Å². The number of pyridine rings is 1. The van der Waals surface area contributed by atoms with Crippen molar-refractivity contribution in [3.8, 4) is 22.4 Å². The molecule has 0 aliphatic rings. The lowest BCUT2D eigenvalue weighted by Crippen LogP contribution is -2.16. The molecule has 0 aliphatic heterocycles. The van der Waals surface area contributed by atoms with E-state index in [1.165, 1.54) is 31.2 Å². The van der Waals surface area contributed by atoms with Crippen LogP contribution in [0.3, 0.4) is 0 Å². The molecule has 1 amide bonds. The summed E-state index contributed by atoms with van der Waals surface area (Å²) in [5, 5.41) is 0.0616. The number of aromatic nitrogens is 1. The van der Waals surface area contributed by atoms with Gasteiger partial charge in [-0.1, -0.05) is 67.6 Å². The van der Waals surface area contributed by atoms with Crippen LogP contribution < -0.4 is 5.73 Å². The lowest BCUT2D eigenvalue weighted by atomic mass is 9.97. The van der Waals surface area contributed by atoms with Gasteiger partial charge in [-0.2, -0.15) is 13.2 Å². The SMILES string of the molecule is CCS(=O)(=O)c1c(-c2ccccc2)cccc1-c1nc2c(C(F)(F)F)cccc2cc1C(N)=O. The first-order valence-corrected chi connectivity index (χ1v) is 11.9. The Labute approximate surface area is 194 Å². The zero-order chi connectivity index (χ0) is 24.7. The van der Waals surface area contributed by atoms with Crippen LogP contribution in [0.15, 0.2) is 77.7 Å². The number of rotatable bonds is 5. The molecule has 0 bridgehead atoms. The van der Waals surface area contributed by atoms with E-state index in [0.29, 0.717) is 11.1 Å². The minimum atomic E-state index is -4.71. The predicted molar refractivity (Wildman–Crippen MR) is 124 cm³/mol. The highest BCUT2D eigenvalue weighted by molar-refractivity contribution is 7.91. The second-order valence-electron chi connectivity index (χ2n) is 7.58. The number of fused-ring (bicyclic) bond motifs is 1. The Morgan fingerprint density at radius 3 is 2.21 bits per heavy atom. The number of amides is 1. The molecule has 0 fully saturated rings. The van der Waals surface area contributed by atoms with E-state index in [-0.39, 0.29) is 32.9 Å². The molecular formula is C25H19F3N2O3S. The first kappa shape index (κ1) is 23.4. The number of benzene rings is 3. The van der Waals surface area contributed by atoms with Gasteiger partial charge < -0.3 is 5.73 Å². The number of nitrogens with zero attached hydrogens (tertiary/aromatic N) is 1. The average molecular weight is 484 g/mol. The van der Waals surface area contributed by atoms with Crippen molar-refractivity contribution in [2.45, 2.75) is 18.0 Å². The Morgan fingerprint density at radius 2 is 1.59 bits per heavy atom. The molecule has 1 heterocycles. The number of carbonyl (C=O) groups excluding carboxylic acids is 1. The third kappa shape index (κ3) is 4.14. The van der Waals surface area contributed by atoms with Crippen LogP contribution >= 0.6 is 0 Å². The number of nitrogens with two attached hydrogens (primary N) is 1. The number of alkyl halides is 3. The van der Waals surface area contributed by atoms with Crippen molar-refractivity contribution in [3.63, 3.8) is 0 Å². The minimum absolute atomic E-state index is 0.0101. The van der Waals surface area contributed by atoms with Crippen molar-refractivity contribution >= 4 is 26.6 Å². The Kier molecular flexibility index (Phi) is 5.91. The molecular weight excluding hydrogens is 465 g/mol. The molecule has 0 atom stereocenters. The Morgan fingerprint density at radius 1 is 0.941 bits per heavy atom. The van der Waals surface area contributed by atoms with Gasteiger partial charge in [0, 0.05) is 16.5 Å². The lowest BCUT2D eigenvalue weighted by molar-refractivity contribution is -0.136. The van der Waals surface area contributed by atoms with Gasteiger partial charge in [0.15, 0.2) is 9.84 Å². The highest BCUT2D eigenvalue weighted by Crippen LogP contribution is 2.40. The molecule has 9 heteroatoms. The van der Waals surface area contributed by atoms with E-state index >= 15 is 0 Å². The quantitative estimate of drug-likeness (QED) is 0.406. The minimum Gasteiger partial charge on any atom is -0.366 e. The van der Waals surface area contributed by atoms with Crippen molar-refractivity contribution in [2.24, 2.45) is 5.73 Å². The van der Waals surface area contributed by atoms with Gasteiger partial charge in [-0.05, 0) is 17.7 Å². The number of carbonyl (C=O) groups is 1. The number of hydrogen-bond acceptors (Lipinski definition) is 4. The third-order valence-electron chi connectivity index (χ3n) is 5.46. The fraction of sp³-hybridized carbons (Fsp3) is 0.120. The van der Waals surface area contributed by atoms with E-state index in [2.05, 4.69) is 4.98 Å². The highest BCUT2D eigenvalue weighted by Gasteiger charge is 2.34. The summed E-state index contributed by atoms with van der Waals surface area (Å²) in [5.41, 5.74) is 4.71. The molecule has 5 nitrogen and oxygen atoms in total. The maximum absolute atomic E-state index is 13.7.